The number of carbonyl (C=O) groups is 1. The first kappa shape index (κ1) is 22.4. The van der Waals surface area contributed by atoms with Gasteiger partial charge < -0.3 is 14.6 Å². The van der Waals surface area contributed by atoms with Crippen molar-refractivity contribution in [3.63, 3.8) is 0 Å². The van der Waals surface area contributed by atoms with Crippen LogP contribution in [0.25, 0.3) is 22.3 Å². The number of hydrogen-bond donors (Lipinski definition) is 1. The number of halogens is 1. The molecule has 1 amide bonds. The van der Waals surface area contributed by atoms with Crippen LogP contribution in [0.5, 0.6) is 0 Å². The summed E-state index contributed by atoms with van der Waals surface area (Å²) in [6.45, 7) is 4.77. The van der Waals surface area contributed by atoms with Crippen LogP contribution in [-0.2, 0) is 14.6 Å². The predicted molar refractivity (Wildman–Crippen MR) is 133 cm³/mol. The average molecular weight is 553 g/mol. The second-order valence-electron chi connectivity index (χ2n) is 9.28. The number of benzene rings is 2. The number of sulfone groups is 1. The Balaban J connectivity index is 1.31. The van der Waals surface area contributed by atoms with Crippen LogP contribution < -0.4 is 0 Å². The summed E-state index contributed by atoms with van der Waals surface area (Å²) in [4.78, 5) is 26.6. The number of likely N-dealkylation sites (tertiary alicyclic amines) is 1. The van der Waals surface area contributed by atoms with Gasteiger partial charge in [0.15, 0.2) is 10.7 Å². The molecular formula is C25H21BrN4O4S. The Bertz CT molecular complexity index is 1590. The number of H-pyrrole nitrogens is 1. The van der Waals surface area contributed by atoms with Gasteiger partial charge >= 0.3 is 0 Å². The third kappa shape index (κ3) is 3.67. The Morgan fingerprint density at radius 3 is 2.57 bits per heavy atom. The summed E-state index contributed by atoms with van der Waals surface area (Å²) in [5.74, 6) is 0.00454. The monoisotopic (exact) mass is 552 g/mol. The van der Waals surface area contributed by atoms with E-state index in [0.717, 1.165) is 37.4 Å². The van der Waals surface area contributed by atoms with Gasteiger partial charge in [-0.05, 0) is 58.2 Å². The zero-order valence-corrected chi connectivity index (χ0v) is 21.2. The van der Waals surface area contributed by atoms with Gasteiger partial charge in [0, 0.05) is 34.9 Å². The standard InChI is InChI=1S/C25H21BrN4O4S/c1-15-2-7-19(26)20(8-15)35(32,33)21-10-28-23-22(29-21)18(9-27-23)16-3-5-17(6-4-16)24(31)30-11-25(12-30)13-34-14-25/h2-10H,11-14H2,1H3,(H,27,28). The molecule has 0 aliphatic carbocycles. The van der Waals surface area contributed by atoms with Crippen LogP contribution in [0.1, 0.15) is 15.9 Å². The lowest BCUT2D eigenvalue weighted by molar-refractivity contribution is -0.176. The SMILES string of the molecule is Cc1ccc(Br)c(S(=O)(=O)c2cnc3[nH]cc(-c4ccc(C(=O)N5CC6(COC6)C5)cc4)c3n2)c1. The minimum atomic E-state index is -3.88. The third-order valence-electron chi connectivity index (χ3n) is 6.61. The molecule has 0 saturated carbocycles. The molecule has 8 nitrogen and oxygen atoms in total. The number of rotatable bonds is 4. The van der Waals surface area contributed by atoms with Gasteiger partial charge in [0.1, 0.15) is 5.52 Å². The molecule has 2 fully saturated rings. The maximum Gasteiger partial charge on any atom is 0.253 e. The molecule has 2 aliphatic heterocycles. The Kier molecular flexibility index (Phi) is 5.10. The molecule has 2 aromatic carbocycles. The first-order valence-electron chi connectivity index (χ1n) is 11.1. The van der Waals surface area contributed by atoms with E-state index in [0.29, 0.717) is 26.8 Å². The van der Waals surface area contributed by atoms with Gasteiger partial charge in [0.25, 0.3) is 5.91 Å². The molecule has 0 radical (unpaired) electrons. The van der Waals surface area contributed by atoms with E-state index in [4.69, 9.17) is 4.74 Å². The second-order valence-corrected chi connectivity index (χ2v) is 12.0. The molecule has 4 heterocycles. The van der Waals surface area contributed by atoms with E-state index in [9.17, 15) is 13.2 Å². The van der Waals surface area contributed by atoms with E-state index < -0.39 is 9.84 Å². The van der Waals surface area contributed by atoms with Crippen LogP contribution in [0.3, 0.4) is 0 Å². The van der Waals surface area contributed by atoms with Crippen molar-refractivity contribution in [3.8, 4) is 11.1 Å². The minimum Gasteiger partial charge on any atom is -0.380 e. The summed E-state index contributed by atoms with van der Waals surface area (Å²) in [6.07, 6.45) is 3.01. The van der Waals surface area contributed by atoms with E-state index >= 15 is 0 Å². The lowest BCUT2D eigenvalue weighted by atomic mass is 9.78. The number of ether oxygens (including phenoxy) is 1. The molecular weight excluding hydrogens is 532 g/mol. The Hall–Kier alpha value is -3.08. The van der Waals surface area contributed by atoms with Gasteiger partial charge in [-0.15, -0.1) is 0 Å². The molecule has 10 heteroatoms. The fourth-order valence-electron chi connectivity index (χ4n) is 4.61. The summed E-state index contributed by atoms with van der Waals surface area (Å²) in [6, 6.07) is 12.4. The van der Waals surface area contributed by atoms with Crippen LogP contribution >= 0.6 is 15.9 Å². The average Bonchev–Trinajstić information content (AvgIpc) is 3.22. The maximum atomic E-state index is 13.3. The van der Waals surface area contributed by atoms with Crippen LogP contribution in [0.15, 0.2) is 69.3 Å². The molecule has 35 heavy (non-hydrogen) atoms. The van der Waals surface area contributed by atoms with Crippen LogP contribution in [0.4, 0.5) is 0 Å². The van der Waals surface area contributed by atoms with Crippen molar-refractivity contribution in [2.45, 2.75) is 16.8 Å². The molecule has 0 bridgehead atoms. The normalized spacial score (nSPS) is 16.8. The van der Waals surface area contributed by atoms with E-state index in [1.165, 1.54) is 6.20 Å². The highest BCUT2D eigenvalue weighted by Gasteiger charge is 2.50. The molecule has 0 unspecified atom stereocenters. The number of nitrogens with zero attached hydrogens (tertiary/aromatic N) is 3. The van der Waals surface area contributed by atoms with E-state index in [1.807, 2.05) is 30.0 Å². The van der Waals surface area contributed by atoms with Crippen molar-refractivity contribution < 1.29 is 17.9 Å². The summed E-state index contributed by atoms with van der Waals surface area (Å²) in [7, 11) is -3.88. The van der Waals surface area contributed by atoms with Gasteiger partial charge in [-0.25, -0.2) is 18.4 Å². The number of fused-ring (bicyclic) bond motifs is 1. The highest BCUT2D eigenvalue weighted by molar-refractivity contribution is 9.10. The second kappa shape index (κ2) is 7.97. The van der Waals surface area contributed by atoms with Gasteiger partial charge in [-0.1, -0.05) is 18.2 Å². The molecule has 1 spiro atoms. The molecule has 4 aromatic rings. The van der Waals surface area contributed by atoms with Crippen LogP contribution in [-0.4, -0.2) is 60.5 Å². The van der Waals surface area contributed by atoms with Crippen LogP contribution in [0, 0.1) is 12.3 Å². The van der Waals surface area contributed by atoms with Crippen molar-refractivity contribution in [3.05, 3.63) is 70.5 Å². The number of nitrogens with one attached hydrogen (secondary N) is 1. The number of aromatic amines is 1. The summed E-state index contributed by atoms with van der Waals surface area (Å²) in [5, 5.41) is -0.129. The Morgan fingerprint density at radius 1 is 1.14 bits per heavy atom. The number of aryl methyl sites for hydroxylation is 1. The van der Waals surface area contributed by atoms with E-state index in [1.54, 1.807) is 30.5 Å². The smallest absolute Gasteiger partial charge is 0.253 e. The number of carbonyl (C=O) groups excluding carboxylic acids is 1. The Morgan fingerprint density at radius 2 is 1.89 bits per heavy atom. The molecule has 6 rings (SSSR count). The summed E-state index contributed by atoms with van der Waals surface area (Å²) >= 11 is 3.34. The first-order valence-corrected chi connectivity index (χ1v) is 13.4. The molecule has 0 atom stereocenters. The fraction of sp³-hybridized carbons (Fsp3) is 0.240. The first-order chi connectivity index (χ1) is 16.8. The van der Waals surface area contributed by atoms with Crippen molar-refractivity contribution in [2.24, 2.45) is 5.41 Å². The summed E-state index contributed by atoms with van der Waals surface area (Å²) in [5.41, 5.74) is 4.06. The van der Waals surface area contributed by atoms with Gasteiger partial charge in [0.2, 0.25) is 9.84 Å². The lowest BCUT2D eigenvalue weighted by Gasteiger charge is -2.54. The van der Waals surface area contributed by atoms with Gasteiger partial charge in [-0.3, -0.25) is 4.79 Å². The van der Waals surface area contributed by atoms with Crippen LogP contribution in [0.2, 0.25) is 0 Å². The number of hydrogen-bond acceptors (Lipinski definition) is 6. The summed E-state index contributed by atoms with van der Waals surface area (Å²) < 4.78 is 32.4. The topological polar surface area (TPSA) is 105 Å². The van der Waals surface area contributed by atoms with Crippen molar-refractivity contribution >= 4 is 42.8 Å². The zero-order chi connectivity index (χ0) is 24.4. The van der Waals surface area contributed by atoms with Crippen molar-refractivity contribution in [2.75, 3.05) is 26.3 Å². The molecule has 2 saturated heterocycles. The van der Waals surface area contributed by atoms with Gasteiger partial charge in [0.05, 0.1) is 29.7 Å². The molecule has 178 valence electrons. The number of aromatic nitrogens is 3. The molecule has 1 N–H and O–H groups in total. The lowest BCUT2D eigenvalue weighted by Crippen LogP contribution is -2.67. The van der Waals surface area contributed by atoms with Crippen molar-refractivity contribution in [1.29, 1.82) is 0 Å². The van der Waals surface area contributed by atoms with E-state index in [2.05, 4.69) is 30.9 Å². The Labute approximate surface area is 210 Å². The van der Waals surface area contributed by atoms with Crippen molar-refractivity contribution in [1.82, 2.24) is 19.9 Å². The highest BCUT2D eigenvalue weighted by Crippen LogP contribution is 2.38. The number of amides is 1. The highest BCUT2D eigenvalue weighted by atomic mass is 79.9. The third-order valence-corrected chi connectivity index (χ3v) is 9.23. The largest absolute Gasteiger partial charge is 0.380 e. The van der Waals surface area contributed by atoms with Gasteiger partial charge in [-0.2, -0.15) is 0 Å². The zero-order valence-electron chi connectivity index (χ0n) is 18.8. The molecule has 2 aliphatic rings. The molecule has 2 aromatic heterocycles. The predicted octanol–water partition coefficient (Wildman–Crippen LogP) is 4.00. The maximum absolute atomic E-state index is 13.3. The fourth-order valence-corrected chi connectivity index (χ4v) is 6.79. The quantitative estimate of drug-likeness (QED) is 0.410. The van der Waals surface area contributed by atoms with E-state index in [-0.39, 0.29) is 21.2 Å². The minimum absolute atomic E-state index is 0.00454.